The first kappa shape index (κ1) is 22.3. The Labute approximate surface area is 195 Å². The first-order valence-corrected chi connectivity index (χ1v) is 11.2. The maximum absolute atomic E-state index is 12.9. The third-order valence-corrected chi connectivity index (χ3v) is 5.76. The number of nitrogens with one attached hydrogen (secondary N) is 1. The van der Waals surface area contributed by atoms with Crippen molar-refractivity contribution in [3.63, 3.8) is 0 Å². The smallest absolute Gasteiger partial charge is 0.342 e. The van der Waals surface area contributed by atoms with Gasteiger partial charge in [0.25, 0.3) is 5.91 Å². The number of rotatable bonds is 8. The zero-order valence-electron chi connectivity index (χ0n) is 18.3. The summed E-state index contributed by atoms with van der Waals surface area (Å²) in [5, 5.41) is 9.25. The van der Waals surface area contributed by atoms with Gasteiger partial charge in [-0.25, -0.2) is 4.79 Å². The van der Waals surface area contributed by atoms with Gasteiger partial charge >= 0.3 is 5.97 Å². The van der Waals surface area contributed by atoms with Gasteiger partial charge < -0.3 is 14.8 Å². The van der Waals surface area contributed by atoms with E-state index in [1.807, 2.05) is 60.8 Å². The van der Waals surface area contributed by atoms with Crippen LogP contribution in [0.25, 0.3) is 10.6 Å². The van der Waals surface area contributed by atoms with Gasteiger partial charge in [-0.15, -0.1) is 11.3 Å². The van der Waals surface area contributed by atoms with E-state index in [0.29, 0.717) is 29.2 Å². The van der Waals surface area contributed by atoms with Crippen LogP contribution in [0.15, 0.2) is 72.2 Å². The lowest BCUT2D eigenvalue weighted by Crippen LogP contribution is -2.21. The van der Waals surface area contributed by atoms with Crippen molar-refractivity contribution in [1.29, 1.82) is 0 Å². The zero-order chi connectivity index (χ0) is 23.2. The Morgan fingerprint density at radius 3 is 2.64 bits per heavy atom. The Morgan fingerprint density at radius 1 is 1.09 bits per heavy atom. The lowest BCUT2D eigenvalue weighted by molar-refractivity contribution is -0.119. The van der Waals surface area contributed by atoms with Gasteiger partial charge in [-0.1, -0.05) is 42.5 Å². The standard InChI is InChI=1S/C25H23N3O4S/c1-17-10-11-21(31-2)20(13-17)26-23(29)16-32-25(30)19-15-28(14-18-7-4-3-5-8-18)27-24(19)22-9-6-12-33-22/h3-13,15H,14,16H2,1-2H3,(H,26,29). The molecule has 4 rings (SSSR count). The second-order valence-corrected chi connectivity index (χ2v) is 8.33. The molecule has 1 N–H and O–H groups in total. The third-order valence-electron chi connectivity index (χ3n) is 4.89. The molecule has 0 unspecified atom stereocenters. The topological polar surface area (TPSA) is 82.5 Å². The van der Waals surface area contributed by atoms with Crippen molar-refractivity contribution in [2.45, 2.75) is 13.5 Å². The van der Waals surface area contributed by atoms with E-state index in [1.54, 1.807) is 23.0 Å². The quantitative estimate of drug-likeness (QED) is 0.382. The Hall–Kier alpha value is -3.91. The summed E-state index contributed by atoms with van der Waals surface area (Å²) < 4.78 is 12.3. The van der Waals surface area contributed by atoms with Crippen LogP contribution in [0.4, 0.5) is 5.69 Å². The highest BCUT2D eigenvalue weighted by molar-refractivity contribution is 7.13. The van der Waals surface area contributed by atoms with Gasteiger partial charge in [0.05, 0.1) is 24.2 Å². The number of carbonyl (C=O) groups is 2. The highest BCUT2D eigenvalue weighted by Gasteiger charge is 2.21. The van der Waals surface area contributed by atoms with Gasteiger partial charge in [0.2, 0.25) is 0 Å². The van der Waals surface area contributed by atoms with Gasteiger partial charge in [-0.3, -0.25) is 9.48 Å². The number of methoxy groups -OCH3 is 1. The van der Waals surface area contributed by atoms with Gasteiger partial charge in [0.1, 0.15) is 17.0 Å². The molecule has 0 aliphatic rings. The largest absolute Gasteiger partial charge is 0.495 e. The molecule has 8 heteroatoms. The number of benzene rings is 2. The van der Waals surface area contributed by atoms with E-state index in [2.05, 4.69) is 10.4 Å². The number of hydrogen-bond donors (Lipinski definition) is 1. The first-order valence-electron chi connectivity index (χ1n) is 10.3. The van der Waals surface area contributed by atoms with Crippen LogP contribution >= 0.6 is 11.3 Å². The summed E-state index contributed by atoms with van der Waals surface area (Å²) in [6.07, 6.45) is 1.66. The van der Waals surface area contributed by atoms with Crippen LogP contribution in [0.5, 0.6) is 5.75 Å². The highest BCUT2D eigenvalue weighted by Crippen LogP contribution is 2.28. The second-order valence-electron chi connectivity index (χ2n) is 7.38. The molecule has 168 valence electrons. The molecule has 0 aliphatic carbocycles. The van der Waals surface area contributed by atoms with Crippen molar-refractivity contribution >= 4 is 28.9 Å². The van der Waals surface area contributed by atoms with Crippen LogP contribution < -0.4 is 10.1 Å². The molecule has 0 radical (unpaired) electrons. The average Bonchev–Trinajstić information content (AvgIpc) is 3.48. The number of aromatic nitrogens is 2. The number of ether oxygens (including phenoxy) is 2. The van der Waals surface area contributed by atoms with E-state index in [4.69, 9.17) is 9.47 Å². The fourth-order valence-corrected chi connectivity index (χ4v) is 4.06. The highest BCUT2D eigenvalue weighted by atomic mass is 32.1. The zero-order valence-corrected chi connectivity index (χ0v) is 19.1. The van der Waals surface area contributed by atoms with Crippen molar-refractivity contribution in [2.75, 3.05) is 19.0 Å². The predicted molar refractivity (Wildman–Crippen MR) is 128 cm³/mol. The molecule has 2 aromatic carbocycles. The molecule has 0 atom stereocenters. The van der Waals surface area contributed by atoms with E-state index in [9.17, 15) is 9.59 Å². The van der Waals surface area contributed by atoms with Crippen LogP contribution in [0.3, 0.4) is 0 Å². The lowest BCUT2D eigenvalue weighted by atomic mass is 10.2. The van der Waals surface area contributed by atoms with Gasteiger partial charge in [-0.2, -0.15) is 5.10 Å². The fourth-order valence-electron chi connectivity index (χ4n) is 3.33. The Morgan fingerprint density at radius 2 is 1.91 bits per heavy atom. The molecular formula is C25H23N3O4S. The van der Waals surface area contributed by atoms with E-state index < -0.39 is 18.5 Å². The number of nitrogens with zero attached hydrogens (tertiary/aromatic N) is 2. The third kappa shape index (κ3) is 5.48. The number of aryl methyl sites for hydroxylation is 1. The minimum Gasteiger partial charge on any atom is -0.495 e. The monoisotopic (exact) mass is 461 g/mol. The average molecular weight is 462 g/mol. The molecule has 0 saturated heterocycles. The van der Waals surface area contributed by atoms with Crippen molar-refractivity contribution in [1.82, 2.24) is 9.78 Å². The minimum absolute atomic E-state index is 0.314. The molecule has 0 saturated carbocycles. The van der Waals surface area contributed by atoms with Gasteiger partial charge in [0, 0.05) is 6.20 Å². The summed E-state index contributed by atoms with van der Waals surface area (Å²) in [7, 11) is 1.53. The molecule has 7 nitrogen and oxygen atoms in total. The second kappa shape index (κ2) is 10.1. The van der Waals surface area contributed by atoms with Crippen LogP contribution in [0, 0.1) is 6.92 Å². The predicted octanol–water partition coefficient (Wildman–Crippen LogP) is 4.77. The number of hydrogen-bond acceptors (Lipinski definition) is 6. The SMILES string of the molecule is COc1ccc(C)cc1NC(=O)COC(=O)c1cn(Cc2ccccc2)nc1-c1cccs1. The molecule has 4 aromatic rings. The van der Waals surface area contributed by atoms with Crippen molar-refractivity contribution < 1.29 is 19.1 Å². The number of amides is 1. The maximum atomic E-state index is 12.9. The summed E-state index contributed by atoms with van der Waals surface area (Å²) >= 11 is 1.48. The number of carbonyl (C=O) groups excluding carboxylic acids is 2. The van der Waals surface area contributed by atoms with E-state index in [1.165, 1.54) is 18.4 Å². The maximum Gasteiger partial charge on any atom is 0.342 e. The Kier molecular flexibility index (Phi) is 6.85. The van der Waals surface area contributed by atoms with Crippen LogP contribution in [-0.4, -0.2) is 35.4 Å². The minimum atomic E-state index is -0.607. The number of anilines is 1. The molecule has 2 heterocycles. The summed E-state index contributed by atoms with van der Waals surface area (Å²) in [6.45, 7) is 2.00. The molecule has 33 heavy (non-hydrogen) atoms. The number of esters is 1. The van der Waals surface area contributed by atoms with E-state index >= 15 is 0 Å². The Balaban J connectivity index is 1.48. The van der Waals surface area contributed by atoms with Crippen LogP contribution in [0.1, 0.15) is 21.5 Å². The van der Waals surface area contributed by atoms with Gasteiger partial charge in [-0.05, 0) is 41.6 Å². The van der Waals surface area contributed by atoms with Crippen molar-refractivity contribution in [2.24, 2.45) is 0 Å². The van der Waals surface area contributed by atoms with Crippen molar-refractivity contribution in [3.8, 4) is 16.3 Å². The first-order chi connectivity index (χ1) is 16.0. The fraction of sp³-hybridized carbons (Fsp3) is 0.160. The normalized spacial score (nSPS) is 10.6. The molecule has 0 aliphatic heterocycles. The summed E-state index contributed by atoms with van der Waals surface area (Å²) in [5.74, 6) is -0.534. The molecular weight excluding hydrogens is 438 g/mol. The summed E-state index contributed by atoms with van der Waals surface area (Å²) in [6, 6.07) is 19.1. The van der Waals surface area contributed by atoms with Crippen LogP contribution in [0.2, 0.25) is 0 Å². The number of thiophene rings is 1. The lowest BCUT2D eigenvalue weighted by Gasteiger charge is -2.11. The van der Waals surface area contributed by atoms with Gasteiger partial charge in [0.15, 0.2) is 6.61 Å². The van der Waals surface area contributed by atoms with Crippen molar-refractivity contribution in [3.05, 3.63) is 88.9 Å². The van der Waals surface area contributed by atoms with E-state index in [0.717, 1.165) is 16.0 Å². The van der Waals surface area contributed by atoms with Crippen LogP contribution in [-0.2, 0) is 16.1 Å². The summed E-state index contributed by atoms with van der Waals surface area (Å²) in [4.78, 5) is 26.2. The molecule has 0 spiro atoms. The molecule has 1 amide bonds. The molecule has 0 bridgehead atoms. The Bertz CT molecular complexity index is 1250. The van der Waals surface area contributed by atoms with E-state index in [-0.39, 0.29) is 0 Å². The molecule has 0 fully saturated rings. The summed E-state index contributed by atoms with van der Waals surface area (Å²) in [5.41, 5.74) is 3.40. The molecule has 2 aromatic heterocycles.